The molecule has 0 aliphatic heterocycles. The molecule has 1 saturated carbocycles. The van der Waals surface area contributed by atoms with Gasteiger partial charge in [-0.3, -0.25) is 0 Å². The van der Waals surface area contributed by atoms with Crippen molar-refractivity contribution in [2.24, 2.45) is 0 Å². The summed E-state index contributed by atoms with van der Waals surface area (Å²) < 4.78 is 5.47. The highest BCUT2D eigenvalue weighted by molar-refractivity contribution is 5.27. The first-order chi connectivity index (χ1) is 8.15. The molecule has 1 aromatic carbocycles. The molecule has 2 rings (SSSR count). The van der Waals surface area contributed by atoms with E-state index in [1.165, 1.54) is 11.1 Å². The molecule has 0 amide bonds. The van der Waals surface area contributed by atoms with Gasteiger partial charge in [0.15, 0.2) is 0 Å². The molecule has 1 aliphatic rings. The number of ether oxygens (including phenoxy) is 1. The maximum atomic E-state index is 10.8. The standard InChI is InChI=1S/C15H22O2/c1-12-7-3-4-8-13(12)11-15(16)10-6-5-9-14(15)17-2/h3-4,7-8,14,16H,5-6,9-11H2,1-2H3. The summed E-state index contributed by atoms with van der Waals surface area (Å²) in [6.45, 7) is 2.10. The van der Waals surface area contributed by atoms with Crippen molar-refractivity contribution < 1.29 is 9.84 Å². The highest BCUT2D eigenvalue weighted by Crippen LogP contribution is 2.33. The van der Waals surface area contributed by atoms with Gasteiger partial charge < -0.3 is 9.84 Å². The Balaban J connectivity index is 2.18. The van der Waals surface area contributed by atoms with Gasteiger partial charge in [0.2, 0.25) is 0 Å². The van der Waals surface area contributed by atoms with Crippen LogP contribution in [0.25, 0.3) is 0 Å². The Hall–Kier alpha value is -0.860. The number of hydrogen-bond acceptors (Lipinski definition) is 2. The SMILES string of the molecule is COC1CCCCC1(O)Cc1ccccc1C. The molecule has 0 spiro atoms. The molecule has 0 radical (unpaired) electrons. The van der Waals surface area contributed by atoms with Crippen LogP contribution < -0.4 is 0 Å². The third-order valence-electron chi connectivity index (χ3n) is 3.97. The molecule has 2 atom stereocenters. The third kappa shape index (κ3) is 2.70. The fraction of sp³-hybridized carbons (Fsp3) is 0.600. The smallest absolute Gasteiger partial charge is 0.0948 e. The van der Waals surface area contributed by atoms with Gasteiger partial charge in [0, 0.05) is 13.5 Å². The lowest BCUT2D eigenvalue weighted by Crippen LogP contribution is -2.47. The molecule has 0 bridgehead atoms. The Morgan fingerprint density at radius 3 is 2.82 bits per heavy atom. The van der Waals surface area contributed by atoms with Crippen LogP contribution in [0.3, 0.4) is 0 Å². The Morgan fingerprint density at radius 2 is 2.12 bits per heavy atom. The molecule has 1 aliphatic carbocycles. The Kier molecular flexibility index (Phi) is 3.85. The molecule has 0 saturated heterocycles. The summed E-state index contributed by atoms with van der Waals surface area (Å²) in [6.07, 6.45) is 4.77. The van der Waals surface area contributed by atoms with Crippen molar-refractivity contribution in [3.8, 4) is 0 Å². The minimum Gasteiger partial charge on any atom is -0.387 e. The average molecular weight is 234 g/mol. The Bertz CT molecular complexity index is 375. The van der Waals surface area contributed by atoms with E-state index in [0.29, 0.717) is 6.42 Å². The second-order valence-electron chi connectivity index (χ2n) is 5.18. The molecule has 0 aromatic heterocycles. The Morgan fingerprint density at radius 1 is 1.35 bits per heavy atom. The van der Waals surface area contributed by atoms with Crippen molar-refractivity contribution in [2.75, 3.05) is 7.11 Å². The summed E-state index contributed by atoms with van der Waals surface area (Å²) in [4.78, 5) is 0. The lowest BCUT2D eigenvalue weighted by molar-refractivity contribution is -0.116. The normalized spacial score (nSPS) is 29.2. The van der Waals surface area contributed by atoms with E-state index < -0.39 is 5.60 Å². The zero-order chi connectivity index (χ0) is 12.3. The first-order valence-electron chi connectivity index (χ1n) is 6.45. The van der Waals surface area contributed by atoms with Crippen molar-refractivity contribution in [2.45, 2.75) is 50.7 Å². The van der Waals surface area contributed by atoms with Crippen LogP contribution in [0.5, 0.6) is 0 Å². The van der Waals surface area contributed by atoms with E-state index in [1.54, 1.807) is 7.11 Å². The molecule has 17 heavy (non-hydrogen) atoms. The lowest BCUT2D eigenvalue weighted by atomic mass is 9.77. The molecule has 2 heteroatoms. The first-order valence-corrected chi connectivity index (χ1v) is 6.45. The summed E-state index contributed by atoms with van der Waals surface area (Å²) in [5.41, 5.74) is 1.80. The molecular weight excluding hydrogens is 212 g/mol. The fourth-order valence-corrected chi connectivity index (χ4v) is 2.87. The van der Waals surface area contributed by atoms with E-state index >= 15 is 0 Å². The van der Waals surface area contributed by atoms with Gasteiger partial charge in [0.1, 0.15) is 0 Å². The molecule has 1 N–H and O–H groups in total. The van der Waals surface area contributed by atoms with Gasteiger partial charge in [-0.05, 0) is 30.9 Å². The van der Waals surface area contributed by atoms with E-state index in [-0.39, 0.29) is 6.10 Å². The van der Waals surface area contributed by atoms with Crippen LogP contribution in [0.15, 0.2) is 24.3 Å². The number of aliphatic hydroxyl groups is 1. The van der Waals surface area contributed by atoms with Crippen LogP contribution in [0.1, 0.15) is 36.8 Å². The number of rotatable bonds is 3. The van der Waals surface area contributed by atoms with E-state index in [2.05, 4.69) is 19.1 Å². The van der Waals surface area contributed by atoms with Gasteiger partial charge >= 0.3 is 0 Å². The maximum absolute atomic E-state index is 10.8. The van der Waals surface area contributed by atoms with Gasteiger partial charge in [-0.15, -0.1) is 0 Å². The minimum absolute atomic E-state index is 0.0177. The number of aryl methyl sites for hydroxylation is 1. The first kappa shape index (κ1) is 12.6. The second kappa shape index (κ2) is 5.19. The highest BCUT2D eigenvalue weighted by Gasteiger charge is 2.39. The summed E-state index contributed by atoms with van der Waals surface area (Å²) >= 11 is 0. The highest BCUT2D eigenvalue weighted by atomic mass is 16.5. The fourth-order valence-electron chi connectivity index (χ4n) is 2.87. The van der Waals surface area contributed by atoms with Crippen LogP contribution in [-0.4, -0.2) is 23.9 Å². The van der Waals surface area contributed by atoms with Gasteiger partial charge in [-0.2, -0.15) is 0 Å². The zero-order valence-electron chi connectivity index (χ0n) is 10.8. The van der Waals surface area contributed by atoms with Crippen molar-refractivity contribution in [1.82, 2.24) is 0 Å². The molecule has 2 unspecified atom stereocenters. The minimum atomic E-state index is -0.681. The summed E-state index contributed by atoms with van der Waals surface area (Å²) in [6, 6.07) is 8.28. The largest absolute Gasteiger partial charge is 0.387 e. The monoisotopic (exact) mass is 234 g/mol. The average Bonchev–Trinajstić information content (AvgIpc) is 2.32. The topological polar surface area (TPSA) is 29.5 Å². The summed E-state index contributed by atoms with van der Waals surface area (Å²) in [5.74, 6) is 0. The van der Waals surface area contributed by atoms with Crippen molar-refractivity contribution in [1.29, 1.82) is 0 Å². The van der Waals surface area contributed by atoms with Crippen LogP contribution in [0.2, 0.25) is 0 Å². The van der Waals surface area contributed by atoms with Gasteiger partial charge in [-0.1, -0.05) is 37.1 Å². The van der Waals surface area contributed by atoms with E-state index in [1.807, 2.05) is 12.1 Å². The van der Waals surface area contributed by atoms with Gasteiger partial charge in [0.25, 0.3) is 0 Å². The van der Waals surface area contributed by atoms with Gasteiger partial charge in [0.05, 0.1) is 11.7 Å². The van der Waals surface area contributed by atoms with Crippen LogP contribution in [-0.2, 0) is 11.2 Å². The second-order valence-corrected chi connectivity index (χ2v) is 5.18. The lowest BCUT2D eigenvalue weighted by Gasteiger charge is -2.39. The third-order valence-corrected chi connectivity index (χ3v) is 3.97. The Labute approximate surface area is 104 Å². The van der Waals surface area contributed by atoms with Crippen LogP contribution >= 0.6 is 0 Å². The molecular formula is C15H22O2. The number of benzene rings is 1. The zero-order valence-corrected chi connectivity index (χ0v) is 10.8. The molecule has 94 valence electrons. The van der Waals surface area contributed by atoms with Crippen molar-refractivity contribution in [3.63, 3.8) is 0 Å². The molecule has 1 aromatic rings. The number of hydrogen-bond donors (Lipinski definition) is 1. The van der Waals surface area contributed by atoms with E-state index in [0.717, 1.165) is 25.7 Å². The summed E-state index contributed by atoms with van der Waals surface area (Å²) in [7, 11) is 1.71. The van der Waals surface area contributed by atoms with Crippen molar-refractivity contribution >= 4 is 0 Å². The van der Waals surface area contributed by atoms with Gasteiger partial charge in [-0.25, -0.2) is 0 Å². The van der Waals surface area contributed by atoms with E-state index in [4.69, 9.17) is 4.74 Å². The molecule has 1 fully saturated rings. The number of methoxy groups -OCH3 is 1. The van der Waals surface area contributed by atoms with Crippen molar-refractivity contribution in [3.05, 3.63) is 35.4 Å². The summed E-state index contributed by atoms with van der Waals surface area (Å²) in [5, 5.41) is 10.8. The quantitative estimate of drug-likeness (QED) is 0.871. The maximum Gasteiger partial charge on any atom is 0.0948 e. The van der Waals surface area contributed by atoms with Crippen LogP contribution in [0, 0.1) is 6.92 Å². The molecule has 2 nitrogen and oxygen atoms in total. The van der Waals surface area contributed by atoms with E-state index in [9.17, 15) is 5.11 Å². The van der Waals surface area contributed by atoms with Crippen LogP contribution in [0.4, 0.5) is 0 Å². The molecule has 0 heterocycles. The predicted octanol–water partition coefficient (Wildman–Crippen LogP) is 2.86. The predicted molar refractivity (Wildman–Crippen MR) is 69.1 cm³/mol.